The number of allylic oxidation sites excluding steroid dienone is 16. The summed E-state index contributed by atoms with van der Waals surface area (Å²) in [7, 11) is 0. The molecule has 6 nitrogen and oxygen atoms in total. The minimum absolute atomic E-state index is 0.0900. The molecule has 0 aromatic heterocycles. The highest BCUT2D eigenvalue weighted by Crippen LogP contribution is 2.15. The lowest BCUT2D eigenvalue weighted by Crippen LogP contribution is -2.30. The molecule has 0 aliphatic heterocycles. The molecule has 1 atom stereocenters. The fourth-order valence-corrected chi connectivity index (χ4v) is 8.23. The van der Waals surface area contributed by atoms with Crippen LogP contribution in [0, 0.1) is 0 Å². The number of carbonyl (C=O) groups is 3. The first-order valence-electron chi connectivity index (χ1n) is 29.8. The molecule has 0 aliphatic rings. The molecule has 1 unspecified atom stereocenters. The normalized spacial score (nSPS) is 12.8. The maximum atomic E-state index is 12.9. The molecule has 0 saturated heterocycles. The van der Waals surface area contributed by atoms with Gasteiger partial charge in [0.2, 0.25) is 0 Å². The zero-order valence-corrected chi connectivity index (χ0v) is 46.5. The van der Waals surface area contributed by atoms with Crippen LogP contribution in [0.25, 0.3) is 0 Å². The summed E-state index contributed by atoms with van der Waals surface area (Å²) >= 11 is 0. The minimum atomic E-state index is -0.794. The van der Waals surface area contributed by atoms with Gasteiger partial charge in [0.05, 0.1) is 0 Å². The molecular formula is C65H110O6. The van der Waals surface area contributed by atoms with Crippen LogP contribution in [0.2, 0.25) is 0 Å². The van der Waals surface area contributed by atoms with Crippen LogP contribution in [-0.4, -0.2) is 37.2 Å². The standard InChI is InChI=1S/C65H110O6/c1-4-7-10-13-16-19-22-25-28-30-32-34-37-40-43-46-49-52-55-58-64(67)70-61-62(60-69-63(66)57-54-51-48-45-42-39-36-27-24-21-18-15-12-9-6-3)71-65(68)59-56-53-50-47-44-41-38-35-33-31-29-26-23-20-17-14-11-8-5-2/h7,9-10,12,15-16,18-19,21,24-25,27-28,31,33,36,62H,4-6,8,11,13-14,17,20,22-23,26,29-30,32,34-35,37-61H2,1-3H3/b10-7-,12-9-,18-15-,19-16-,24-21-,28-25-,33-31-,36-27-. The lowest BCUT2D eigenvalue weighted by molar-refractivity contribution is -0.167. The van der Waals surface area contributed by atoms with Crippen LogP contribution in [0.3, 0.4) is 0 Å². The molecule has 0 rings (SSSR count). The van der Waals surface area contributed by atoms with Crippen molar-refractivity contribution in [3.8, 4) is 0 Å². The third kappa shape index (κ3) is 57.1. The average Bonchev–Trinajstić information content (AvgIpc) is 3.37. The molecule has 0 saturated carbocycles. The Kier molecular flexibility index (Phi) is 55.9. The summed E-state index contributed by atoms with van der Waals surface area (Å²) in [6, 6.07) is 0. The van der Waals surface area contributed by atoms with Crippen molar-refractivity contribution in [3.63, 3.8) is 0 Å². The second-order valence-electron chi connectivity index (χ2n) is 19.6. The number of hydrogen-bond acceptors (Lipinski definition) is 6. The first-order chi connectivity index (χ1) is 35.0. The van der Waals surface area contributed by atoms with Crippen molar-refractivity contribution >= 4 is 17.9 Å². The van der Waals surface area contributed by atoms with Crippen LogP contribution < -0.4 is 0 Å². The predicted octanol–water partition coefficient (Wildman–Crippen LogP) is 20.1. The van der Waals surface area contributed by atoms with E-state index in [1.165, 1.54) is 135 Å². The van der Waals surface area contributed by atoms with Crippen LogP contribution in [-0.2, 0) is 28.6 Å². The molecule has 0 amide bonds. The van der Waals surface area contributed by atoms with E-state index in [1.807, 2.05) is 18.2 Å². The third-order valence-electron chi connectivity index (χ3n) is 12.6. The Balaban J connectivity index is 4.42. The van der Waals surface area contributed by atoms with Gasteiger partial charge in [0.25, 0.3) is 0 Å². The molecule has 0 aliphatic carbocycles. The van der Waals surface area contributed by atoms with Crippen LogP contribution >= 0.6 is 0 Å². The summed E-state index contributed by atoms with van der Waals surface area (Å²) in [5.41, 5.74) is 0. The summed E-state index contributed by atoms with van der Waals surface area (Å²) in [6.45, 7) is 6.38. The second kappa shape index (κ2) is 58.9. The fraction of sp³-hybridized carbons (Fsp3) is 0.708. The molecule has 0 aromatic carbocycles. The SMILES string of the molecule is CC\C=C/C=C\C=C/C=C\CCCCCCCC(=O)OCC(COC(=O)CCCCCCCCCCC/C=C\C/C=C\C/C=C\CC)OC(=O)CCCCCCCCC/C=C\CCCCCCCCCC. The molecular weight excluding hydrogens is 877 g/mol. The fourth-order valence-electron chi connectivity index (χ4n) is 8.23. The molecule has 0 heterocycles. The van der Waals surface area contributed by atoms with Crippen LogP contribution in [0.4, 0.5) is 0 Å². The van der Waals surface area contributed by atoms with Gasteiger partial charge in [-0.25, -0.2) is 0 Å². The molecule has 0 spiro atoms. The molecule has 406 valence electrons. The maximum absolute atomic E-state index is 12.9. The number of esters is 3. The summed E-state index contributed by atoms with van der Waals surface area (Å²) in [6.07, 6.45) is 78.3. The van der Waals surface area contributed by atoms with Gasteiger partial charge in [-0.3, -0.25) is 14.4 Å². The van der Waals surface area contributed by atoms with Gasteiger partial charge in [-0.2, -0.15) is 0 Å². The van der Waals surface area contributed by atoms with Crippen LogP contribution in [0.1, 0.15) is 278 Å². The van der Waals surface area contributed by atoms with Gasteiger partial charge >= 0.3 is 17.9 Å². The Bertz CT molecular complexity index is 1410. The predicted molar refractivity (Wildman–Crippen MR) is 307 cm³/mol. The zero-order chi connectivity index (χ0) is 51.4. The molecule has 6 heteroatoms. The Morgan fingerprint density at radius 3 is 1.04 bits per heavy atom. The Hall–Kier alpha value is -3.67. The highest BCUT2D eigenvalue weighted by atomic mass is 16.6. The van der Waals surface area contributed by atoms with Crippen LogP contribution in [0.5, 0.6) is 0 Å². The van der Waals surface area contributed by atoms with Crippen molar-refractivity contribution in [1.82, 2.24) is 0 Å². The largest absolute Gasteiger partial charge is 0.462 e. The van der Waals surface area contributed by atoms with E-state index >= 15 is 0 Å². The van der Waals surface area contributed by atoms with E-state index in [9.17, 15) is 14.4 Å². The van der Waals surface area contributed by atoms with Crippen molar-refractivity contribution in [1.29, 1.82) is 0 Å². The number of ether oxygens (including phenoxy) is 3. The van der Waals surface area contributed by atoms with Crippen molar-refractivity contribution < 1.29 is 28.6 Å². The maximum Gasteiger partial charge on any atom is 0.306 e. The van der Waals surface area contributed by atoms with Gasteiger partial charge in [0, 0.05) is 19.3 Å². The number of carbonyl (C=O) groups excluding carboxylic acids is 3. The average molecular weight is 988 g/mol. The quantitative estimate of drug-likeness (QED) is 0.0199. The van der Waals surface area contributed by atoms with Gasteiger partial charge < -0.3 is 14.2 Å². The molecule has 0 N–H and O–H groups in total. The van der Waals surface area contributed by atoms with E-state index in [4.69, 9.17) is 14.2 Å². The van der Waals surface area contributed by atoms with Crippen molar-refractivity contribution in [2.45, 2.75) is 284 Å². The van der Waals surface area contributed by atoms with E-state index in [2.05, 4.69) is 99.8 Å². The number of hydrogen-bond donors (Lipinski definition) is 0. The topological polar surface area (TPSA) is 78.9 Å². The van der Waals surface area contributed by atoms with Crippen LogP contribution in [0.15, 0.2) is 97.2 Å². The van der Waals surface area contributed by atoms with Gasteiger partial charge in [0.15, 0.2) is 6.10 Å². The van der Waals surface area contributed by atoms with E-state index in [1.54, 1.807) is 0 Å². The molecule has 0 aromatic rings. The zero-order valence-electron chi connectivity index (χ0n) is 46.5. The number of unbranched alkanes of at least 4 members (excludes halogenated alkanes) is 29. The summed E-state index contributed by atoms with van der Waals surface area (Å²) in [4.78, 5) is 38.2. The molecule has 0 bridgehead atoms. The van der Waals surface area contributed by atoms with E-state index in [0.29, 0.717) is 19.3 Å². The van der Waals surface area contributed by atoms with Crippen molar-refractivity contribution in [2.75, 3.05) is 13.2 Å². The first-order valence-corrected chi connectivity index (χ1v) is 29.8. The molecule has 71 heavy (non-hydrogen) atoms. The first kappa shape index (κ1) is 67.3. The second-order valence-corrected chi connectivity index (χ2v) is 19.6. The summed E-state index contributed by atoms with van der Waals surface area (Å²) in [5, 5.41) is 0. The minimum Gasteiger partial charge on any atom is -0.462 e. The highest BCUT2D eigenvalue weighted by Gasteiger charge is 2.19. The molecule has 0 fully saturated rings. The Morgan fingerprint density at radius 1 is 0.310 bits per heavy atom. The van der Waals surface area contributed by atoms with Crippen molar-refractivity contribution in [2.24, 2.45) is 0 Å². The Labute approximate surface area is 438 Å². The summed E-state index contributed by atoms with van der Waals surface area (Å²) in [5.74, 6) is -0.917. The third-order valence-corrected chi connectivity index (χ3v) is 12.6. The van der Waals surface area contributed by atoms with E-state index in [0.717, 1.165) is 103 Å². The lowest BCUT2D eigenvalue weighted by atomic mass is 10.1. The van der Waals surface area contributed by atoms with Gasteiger partial charge in [-0.1, -0.05) is 259 Å². The van der Waals surface area contributed by atoms with E-state index in [-0.39, 0.29) is 31.1 Å². The van der Waals surface area contributed by atoms with Gasteiger partial charge in [-0.05, 0) is 96.3 Å². The lowest BCUT2D eigenvalue weighted by Gasteiger charge is -2.18. The molecule has 0 radical (unpaired) electrons. The number of rotatable bonds is 53. The smallest absolute Gasteiger partial charge is 0.306 e. The Morgan fingerprint density at radius 2 is 0.620 bits per heavy atom. The van der Waals surface area contributed by atoms with Gasteiger partial charge in [0.1, 0.15) is 13.2 Å². The van der Waals surface area contributed by atoms with Gasteiger partial charge in [-0.15, -0.1) is 0 Å². The van der Waals surface area contributed by atoms with E-state index < -0.39 is 6.10 Å². The monoisotopic (exact) mass is 987 g/mol. The van der Waals surface area contributed by atoms with Crippen molar-refractivity contribution in [3.05, 3.63) is 97.2 Å². The highest BCUT2D eigenvalue weighted by molar-refractivity contribution is 5.71. The summed E-state index contributed by atoms with van der Waals surface area (Å²) < 4.78 is 16.9.